The smallest absolute Gasteiger partial charge is 0.352 e. The van der Waals surface area contributed by atoms with Crippen LogP contribution in [0.4, 0.5) is 26.3 Å². The summed E-state index contributed by atoms with van der Waals surface area (Å²) in [5, 5.41) is 5.22. The molecule has 1 saturated carbocycles. The van der Waals surface area contributed by atoms with Gasteiger partial charge in [0.25, 0.3) is 0 Å². The van der Waals surface area contributed by atoms with Gasteiger partial charge >= 0.3 is 12.4 Å². The molecular weight excluding hydrogens is 394 g/mol. The summed E-state index contributed by atoms with van der Waals surface area (Å²) >= 11 is 0. The predicted octanol–water partition coefficient (Wildman–Crippen LogP) is 1.51. The SMILES string of the molecule is CC(C(=O)NC1CC(NC(=O)C(C)N(C)CC(F)(F)F)C1)N(C)CC(F)(F)F. The largest absolute Gasteiger partial charge is 0.401 e. The molecular formula is C16H26F6N4O2. The molecule has 0 aromatic rings. The van der Waals surface area contributed by atoms with Gasteiger partial charge in [0.1, 0.15) is 0 Å². The Balaban J connectivity index is 2.36. The summed E-state index contributed by atoms with van der Waals surface area (Å²) in [5.74, 6) is -1.11. The average Bonchev–Trinajstić information content (AvgIpc) is 2.47. The lowest BCUT2D eigenvalue weighted by molar-refractivity contribution is -0.152. The Bertz CT molecular complexity index is 502. The molecule has 164 valence electrons. The molecule has 6 nitrogen and oxygen atoms in total. The fraction of sp³-hybridized carbons (Fsp3) is 0.875. The summed E-state index contributed by atoms with van der Waals surface area (Å²) in [6, 6.07) is -2.57. The van der Waals surface area contributed by atoms with Gasteiger partial charge < -0.3 is 10.6 Å². The van der Waals surface area contributed by atoms with Gasteiger partial charge in [-0.1, -0.05) is 0 Å². The summed E-state index contributed by atoms with van der Waals surface area (Å²) in [4.78, 5) is 25.8. The van der Waals surface area contributed by atoms with Crippen LogP contribution in [0.5, 0.6) is 0 Å². The maximum Gasteiger partial charge on any atom is 0.401 e. The first-order valence-electron chi connectivity index (χ1n) is 8.73. The molecule has 0 heterocycles. The van der Waals surface area contributed by atoms with Crippen LogP contribution in [-0.4, -0.2) is 85.3 Å². The lowest BCUT2D eigenvalue weighted by Gasteiger charge is -2.38. The number of carbonyl (C=O) groups excluding carboxylic acids is 2. The first-order valence-corrected chi connectivity index (χ1v) is 8.73. The number of amides is 2. The second kappa shape index (κ2) is 9.29. The van der Waals surface area contributed by atoms with Gasteiger partial charge in [-0.3, -0.25) is 19.4 Å². The molecule has 1 fully saturated rings. The number of rotatable bonds is 8. The van der Waals surface area contributed by atoms with Crippen molar-refractivity contribution in [1.29, 1.82) is 0 Å². The van der Waals surface area contributed by atoms with Crippen LogP contribution in [0.15, 0.2) is 0 Å². The van der Waals surface area contributed by atoms with Crippen molar-refractivity contribution in [2.75, 3.05) is 27.2 Å². The summed E-state index contributed by atoms with van der Waals surface area (Å²) in [6.07, 6.45) is -8.10. The first-order chi connectivity index (χ1) is 12.6. The van der Waals surface area contributed by atoms with Gasteiger partial charge in [-0.2, -0.15) is 26.3 Å². The zero-order valence-corrected chi connectivity index (χ0v) is 16.1. The van der Waals surface area contributed by atoms with Crippen LogP contribution in [0.2, 0.25) is 0 Å². The van der Waals surface area contributed by atoms with E-state index in [1.165, 1.54) is 27.9 Å². The van der Waals surface area contributed by atoms with Crippen LogP contribution in [0, 0.1) is 0 Å². The van der Waals surface area contributed by atoms with Gasteiger partial charge in [-0.05, 0) is 40.8 Å². The Morgan fingerprint density at radius 2 is 1.11 bits per heavy atom. The van der Waals surface area contributed by atoms with Crippen molar-refractivity contribution in [3.63, 3.8) is 0 Å². The number of alkyl halides is 6. The van der Waals surface area contributed by atoms with E-state index < -0.39 is 49.3 Å². The molecule has 0 bridgehead atoms. The van der Waals surface area contributed by atoms with Crippen molar-refractivity contribution in [2.24, 2.45) is 0 Å². The molecule has 28 heavy (non-hydrogen) atoms. The summed E-state index contributed by atoms with van der Waals surface area (Å²) < 4.78 is 74.3. The number of nitrogens with zero attached hydrogens (tertiary/aromatic N) is 2. The second-order valence-corrected chi connectivity index (χ2v) is 7.29. The van der Waals surface area contributed by atoms with E-state index in [9.17, 15) is 35.9 Å². The highest BCUT2D eigenvalue weighted by atomic mass is 19.4. The quantitative estimate of drug-likeness (QED) is 0.585. The lowest BCUT2D eigenvalue weighted by atomic mass is 9.86. The molecule has 2 unspecified atom stereocenters. The Morgan fingerprint density at radius 3 is 1.36 bits per heavy atom. The molecule has 2 atom stereocenters. The van der Waals surface area contributed by atoms with Gasteiger partial charge in [-0.15, -0.1) is 0 Å². The topological polar surface area (TPSA) is 64.7 Å². The molecule has 2 amide bonds. The Labute approximate surface area is 159 Å². The van der Waals surface area contributed by atoms with E-state index in [2.05, 4.69) is 10.6 Å². The Kier molecular flexibility index (Phi) is 8.12. The minimum Gasteiger partial charge on any atom is -0.352 e. The zero-order chi connectivity index (χ0) is 21.9. The molecule has 0 saturated heterocycles. The molecule has 0 aromatic carbocycles. The fourth-order valence-electron chi connectivity index (χ4n) is 2.74. The van der Waals surface area contributed by atoms with E-state index in [1.54, 1.807) is 0 Å². The lowest BCUT2D eigenvalue weighted by Crippen LogP contribution is -2.58. The van der Waals surface area contributed by atoms with Crippen LogP contribution in [0.25, 0.3) is 0 Å². The predicted molar refractivity (Wildman–Crippen MR) is 89.4 cm³/mol. The van der Waals surface area contributed by atoms with E-state index in [4.69, 9.17) is 0 Å². The average molecular weight is 420 g/mol. The maximum absolute atomic E-state index is 12.4. The summed E-state index contributed by atoms with van der Waals surface area (Å²) in [6.45, 7) is 0.289. The van der Waals surface area contributed by atoms with Gasteiger partial charge in [0, 0.05) is 12.1 Å². The number of hydrogen-bond donors (Lipinski definition) is 2. The molecule has 2 N–H and O–H groups in total. The second-order valence-electron chi connectivity index (χ2n) is 7.29. The number of carbonyl (C=O) groups is 2. The van der Waals surface area contributed by atoms with Gasteiger partial charge in [0.05, 0.1) is 25.2 Å². The van der Waals surface area contributed by atoms with Crippen molar-refractivity contribution >= 4 is 11.8 Å². The number of likely N-dealkylation sites (N-methyl/N-ethyl adjacent to an activating group) is 2. The number of halogens is 6. The monoisotopic (exact) mass is 420 g/mol. The third-order valence-corrected chi connectivity index (χ3v) is 4.77. The standard InChI is InChI=1S/C16H26F6N4O2/c1-9(25(3)7-15(17,18)19)13(27)23-11-5-12(6-11)24-14(28)10(2)26(4)8-16(20,21)22/h9-12H,5-8H2,1-4H3,(H,23,27)(H,24,28). The van der Waals surface area contributed by atoms with E-state index in [0.29, 0.717) is 12.8 Å². The highest BCUT2D eigenvalue weighted by Gasteiger charge is 2.37. The molecule has 12 heteroatoms. The first kappa shape index (κ1) is 24.5. The number of nitrogens with one attached hydrogen (secondary N) is 2. The van der Waals surface area contributed by atoms with Crippen LogP contribution in [0.3, 0.4) is 0 Å². The number of hydrogen-bond acceptors (Lipinski definition) is 4. The summed E-state index contributed by atoms with van der Waals surface area (Å²) in [5.41, 5.74) is 0. The van der Waals surface area contributed by atoms with E-state index in [0.717, 1.165) is 9.80 Å². The van der Waals surface area contributed by atoms with Crippen molar-refractivity contribution in [2.45, 2.75) is 63.2 Å². The Morgan fingerprint density at radius 1 is 0.821 bits per heavy atom. The van der Waals surface area contributed by atoms with Crippen LogP contribution in [0.1, 0.15) is 26.7 Å². The van der Waals surface area contributed by atoms with Crippen molar-refractivity contribution in [3.05, 3.63) is 0 Å². The third kappa shape index (κ3) is 8.21. The van der Waals surface area contributed by atoms with E-state index >= 15 is 0 Å². The molecule has 1 aliphatic rings. The van der Waals surface area contributed by atoms with E-state index in [1.807, 2.05) is 0 Å². The highest BCUT2D eigenvalue weighted by molar-refractivity contribution is 5.82. The molecule has 0 aliphatic heterocycles. The third-order valence-electron chi connectivity index (χ3n) is 4.77. The maximum atomic E-state index is 12.4. The molecule has 1 rings (SSSR count). The van der Waals surface area contributed by atoms with Crippen LogP contribution < -0.4 is 10.6 Å². The molecule has 0 spiro atoms. The molecule has 1 aliphatic carbocycles. The Hall–Kier alpha value is -1.56. The van der Waals surface area contributed by atoms with Crippen molar-refractivity contribution in [1.82, 2.24) is 20.4 Å². The fourth-order valence-corrected chi connectivity index (χ4v) is 2.74. The zero-order valence-electron chi connectivity index (χ0n) is 16.1. The van der Waals surface area contributed by atoms with Crippen LogP contribution in [-0.2, 0) is 9.59 Å². The van der Waals surface area contributed by atoms with Gasteiger partial charge in [0.2, 0.25) is 11.8 Å². The minimum atomic E-state index is -4.41. The molecule has 0 aromatic heterocycles. The molecule has 0 radical (unpaired) electrons. The van der Waals surface area contributed by atoms with Crippen molar-refractivity contribution in [3.8, 4) is 0 Å². The summed E-state index contributed by atoms with van der Waals surface area (Å²) in [7, 11) is 2.39. The van der Waals surface area contributed by atoms with Gasteiger partial charge in [0.15, 0.2) is 0 Å². The minimum absolute atomic E-state index is 0.303. The normalized spacial score (nSPS) is 22.6. The van der Waals surface area contributed by atoms with Crippen molar-refractivity contribution < 1.29 is 35.9 Å². The van der Waals surface area contributed by atoms with Crippen LogP contribution >= 0.6 is 0 Å². The highest BCUT2D eigenvalue weighted by Crippen LogP contribution is 2.22. The van der Waals surface area contributed by atoms with E-state index in [-0.39, 0.29) is 12.1 Å². The van der Waals surface area contributed by atoms with Gasteiger partial charge in [-0.25, -0.2) is 0 Å².